The molecule has 0 N–H and O–H groups in total. The van der Waals surface area contributed by atoms with Gasteiger partial charge >= 0.3 is 0 Å². The molecule has 42 heavy (non-hydrogen) atoms. The Morgan fingerprint density at radius 3 is 1.76 bits per heavy atom. The van der Waals surface area contributed by atoms with E-state index in [0.29, 0.717) is 0 Å². The highest BCUT2D eigenvalue weighted by molar-refractivity contribution is 6.12. The van der Waals surface area contributed by atoms with E-state index in [1.807, 2.05) is 0 Å². The molecule has 0 aromatic heterocycles. The first-order chi connectivity index (χ1) is 19.5. The van der Waals surface area contributed by atoms with Gasteiger partial charge in [-0.25, -0.2) is 0 Å². The molecule has 1 unspecified atom stereocenters. The van der Waals surface area contributed by atoms with E-state index in [-0.39, 0.29) is 27.4 Å². The first-order valence-corrected chi connectivity index (χ1v) is 16.7. The van der Waals surface area contributed by atoms with Crippen molar-refractivity contribution in [1.82, 2.24) is 0 Å². The van der Waals surface area contributed by atoms with Crippen LogP contribution in [0.2, 0.25) is 0 Å². The summed E-state index contributed by atoms with van der Waals surface area (Å²) in [5, 5.41) is 0. The molecule has 0 aliphatic heterocycles. The molecule has 0 fully saturated rings. The summed E-state index contributed by atoms with van der Waals surface area (Å²) in [6, 6.07) is 13.4. The van der Waals surface area contributed by atoms with Gasteiger partial charge in [0.2, 0.25) is 0 Å². The summed E-state index contributed by atoms with van der Waals surface area (Å²) in [6.45, 7) is 27.8. The van der Waals surface area contributed by atoms with Gasteiger partial charge in [-0.3, -0.25) is 4.79 Å². The maximum atomic E-state index is 13.8. The van der Waals surface area contributed by atoms with Crippen molar-refractivity contribution in [3.8, 4) is 0 Å². The molecule has 0 amide bonds. The van der Waals surface area contributed by atoms with Crippen LogP contribution in [0, 0.1) is 10.8 Å². The molecule has 0 saturated heterocycles. The van der Waals surface area contributed by atoms with Gasteiger partial charge in [-0.15, -0.1) is 0 Å². The number of carbonyl (C=O) groups excluding carboxylic acids is 1. The minimum atomic E-state index is 0.00860. The molecule has 0 bridgehead atoms. The molecule has 2 aromatic rings. The van der Waals surface area contributed by atoms with E-state index in [9.17, 15) is 4.79 Å². The maximum absolute atomic E-state index is 13.8. The van der Waals surface area contributed by atoms with Gasteiger partial charge in [0.1, 0.15) is 0 Å². The first-order valence-electron chi connectivity index (χ1n) is 16.7. The van der Waals surface area contributed by atoms with E-state index in [0.717, 1.165) is 62.5 Å². The van der Waals surface area contributed by atoms with Crippen molar-refractivity contribution in [2.75, 3.05) is 0 Å². The fourth-order valence-electron chi connectivity index (χ4n) is 6.09. The molecule has 0 radical (unpaired) electrons. The summed E-state index contributed by atoms with van der Waals surface area (Å²) >= 11 is 0. The fraction of sp³-hybridized carbons (Fsp3) is 0.585. The second-order valence-corrected chi connectivity index (χ2v) is 15.4. The zero-order valence-corrected chi connectivity index (χ0v) is 29.2. The molecule has 3 rings (SSSR count). The average molecular weight is 569 g/mol. The van der Waals surface area contributed by atoms with Crippen molar-refractivity contribution in [3.63, 3.8) is 0 Å². The largest absolute Gasteiger partial charge is 0.289 e. The average Bonchev–Trinajstić information content (AvgIpc) is 2.96. The second kappa shape index (κ2) is 13.1. The lowest BCUT2D eigenvalue weighted by molar-refractivity contribution is 0.103. The third-order valence-electron chi connectivity index (χ3n) is 11.6. The molecule has 1 heteroatoms. The number of ketones is 1. The summed E-state index contributed by atoms with van der Waals surface area (Å²) in [4.78, 5) is 13.8. The summed E-state index contributed by atoms with van der Waals surface area (Å²) in [7, 11) is 0. The van der Waals surface area contributed by atoms with E-state index >= 15 is 0 Å². The Balaban J connectivity index is 1.80. The zero-order chi connectivity index (χ0) is 31.5. The van der Waals surface area contributed by atoms with Gasteiger partial charge in [-0.05, 0) is 115 Å². The molecular weight excluding hydrogens is 508 g/mol. The molecule has 1 aliphatic carbocycles. The predicted octanol–water partition coefficient (Wildman–Crippen LogP) is 12.1. The summed E-state index contributed by atoms with van der Waals surface area (Å²) < 4.78 is 0. The van der Waals surface area contributed by atoms with Crippen LogP contribution in [0.25, 0.3) is 0 Å². The van der Waals surface area contributed by atoms with Crippen molar-refractivity contribution in [2.24, 2.45) is 10.8 Å². The molecule has 0 saturated carbocycles. The van der Waals surface area contributed by atoms with Gasteiger partial charge < -0.3 is 0 Å². The minimum Gasteiger partial charge on any atom is -0.289 e. The van der Waals surface area contributed by atoms with Crippen LogP contribution in [0.4, 0.5) is 0 Å². The first kappa shape index (κ1) is 34.1. The van der Waals surface area contributed by atoms with Crippen molar-refractivity contribution in [1.29, 1.82) is 0 Å². The molecule has 1 nitrogen and oxygen atoms in total. The standard InChI is InChI=1S/C41H60O/c1-13-38(6,7)29(4)18-16-24-40(10,11)33-21-20-31-26-32-27-34(22-23-35(32)37(42)36(31)28-33)41(12,15-3)25-17-19-30(5)39(8,9)14-2/h18-23,27-28H,13-17,24-26H2,1-12H3. The molecule has 0 spiro atoms. The van der Waals surface area contributed by atoms with E-state index in [1.54, 1.807) is 0 Å². The van der Waals surface area contributed by atoms with Crippen LogP contribution in [-0.4, -0.2) is 5.78 Å². The van der Waals surface area contributed by atoms with E-state index < -0.39 is 0 Å². The third kappa shape index (κ3) is 7.38. The molecule has 1 aliphatic rings. The molecular formula is C41H60O. The Labute approximate surface area is 259 Å². The molecule has 0 heterocycles. The van der Waals surface area contributed by atoms with Crippen LogP contribution in [0.1, 0.15) is 166 Å². The number of hydrogen-bond acceptors (Lipinski definition) is 1. The normalized spacial score (nSPS) is 16.2. The van der Waals surface area contributed by atoms with Crippen molar-refractivity contribution in [3.05, 3.63) is 93.1 Å². The van der Waals surface area contributed by atoms with Gasteiger partial charge in [0.25, 0.3) is 0 Å². The third-order valence-corrected chi connectivity index (χ3v) is 11.6. The Morgan fingerprint density at radius 1 is 0.667 bits per heavy atom. The van der Waals surface area contributed by atoms with Crippen molar-refractivity contribution >= 4 is 5.78 Å². The number of allylic oxidation sites excluding steroid dienone is 4. The number of benzene rings is 2. The van der Waals surface area contributed by atoms with Crippen molar-refractivity contribution < 1.29 is 4.79 Å². The zero-order valence-electron chi connectivity index (χ0n) is 29.2. The highest BCUT2D eigenvalue weighted by Gasteiger charge is 2.30. The van der Waals surface area contributed by atoms with Gasteiger partial charge in [-0.1, -0.05) is 123 Å². The Bertz CT molecular complexity index is 1330. The van der Waals surface area contributed by atoms with Crippen molar-refractivity contribution in [2.45, 2.75) is 145 Å². The number of carbonyl (C=O) groups is 1. The van der Waals surface area contributed by atoms with Crippen LogP contribution in [0.15, 0.2) is 59.7 Å². The lowest BCUT2D eigenvalue weighted by Gasteiger charge is -2.31. The summed E-state index contributed by atoms with van der Waals surface area (Å²) in [6.07, 6.45) is 13.4. The Hall–Kier alpha value is -2.41. The van der Waals surface area contributed by atoms with Gasteiger partial charge in [0, 0.05) is 11.1 Å². The van der Waals surface area contributed by atoms with E-state index in [2.05, 4.69) is 132 Å². The highest BCUT2D eigenvalue weighted by Crippen LogP contribution is 2.39. The van der Waals surface area contributed by atoms with Crippen LogP contribution < -0.4 is 0 Å². The monoisotopic (exact) mass is 568 g/mol. The van der Waals surface area contributed by atoms with E-state index in [1.165, 1.54) is 33.4 Å². The smallest absolute Gasteiger partial charge is 0.193 e. The summed E-state index contributed by atoms with van der Waals surface area (Å²) in [5.74, 6) is 0.189. The molecule has 230 valence electrons. The van der Waals surface area contributed by atoms with Crippen LogP contribution >= 0.6 is 0 Å². The lowest BCUT2D eigenvalue weighted by atomic mass is 9.73. The quantitative estimate of drug-likeness (QED) is 0.187. The van der Waals surface area contributed by atoms with E-state index in [4.69, 9.17) is 0 Å². The molecule has 2 aromatic carbocycles. The van der Waals surface area contributed by atoms with Crippen LogP contribution in [0.3, 0.4) is 0 Å². The predicted molar refractivity (Wildman–Crippen MR) is 184 cm³/mol. The molecule has 1 atom stereocenters. The second-order valence-electron chi connectivity index (χ2n) is 15.4. The fourth-order valence-corrected chi connectivity index (χ4v) is 6.09. The SMILES string of the molecule is CCC(C)(C)C(C)=CCCC(C)(C)c1ccc2c(c1)C(=O)c1ccc(C(C)(CC)CCC=C(C)C(C)(C)CC)cc1C2. The Morgan fingerprint density at radius 2 is 1.21 bits per heavy atom. The minimum absolute atomic E-state index is 0.00860. The van der Waals surface area contributed by atoms with Crippen LogP contribution in [-0.2, 0) is 17.3 Å². The topological polar surface area (TPSA) is 17.1 Å². The maximum Gasteiger partial charge on any atom is 0.193 e. The van der Waals surface area contributed by atoms with Gasteiger partial charge in [0.15, 0.2) is 5.78 Å². The lowest BCUT2D eigenvalue weighted by Crippen LogP contribution is -2.23. The number of rotatable bonds is 13. The highest BCUT2D eigenvalue weighted by atomic mass is 16.1. The Kier molecular flexibility index (Phi) is 10.6. The van der Waals surface area contributed by atoms with Crippen LogP contribution in [0.5, 0.6) is 0 Å². The number of hydrogen-bond donors (Lipinski definition) is 0. The van der Waals surface area contributed by atoms with Gasteiger partial charge in [-0.2, -0.15) is 0 Å². The van der Waals surface area contributed by atoms with Gasteiger partial charge in [0.05, 0.1) is 0 Å². The number of fused-ring (bicyclic) bond motifs is 2. The summed E-state index contributed by atoms with van der Waals surface area (Å²) in [5.41, 5.74) is 10.4.